The van der Waals surface area contributed by atoms with E-state index in [1.54, 1.807) is 29.2 Å². The van der Waals surface area contributed by atoms with Crippen molar-refractivity contribution in [2.45, 2.75) is 37.1 Å². The number of sulfone groups is 1. The van der Waals surface area contributed by atoms with Crippen molar-refractivity contribution in [1.29, 1.82) is 0 Å². The summed E-state index contributed by atoms with van der Waals surface area (Å²) in [7, 11) is -3.72. The van der Waals surface area contributed by atoms with Gasteiger partial charge in [0.1, 0.15) is 18.2 Å². The molecule has 0 atom stereocenters. The molecule has 1 N–H and O–H groups in total. The van der Waals surface area contributed by atoms with Crippen molar-refractivity contribution in [3.05, 3.63) is 102 Å². The molecule has 2 heterocycles. The van der Waals surface area contributed by atoms with E-state index in [-0.39, 0.29) is 15.7 Å². The molecule has 6 rings (SSSR count). The number of carbonyl (C=O) groups is 1. The van der Waals surface area contributed by atoms with Gasteiger partial charge in [-0.1, -0.05) is 12.1 Å². The molecule has 1 aromatic heterocycles. The molecule has 1 amide bonds. The molecule has 0 radical (unpaired) electrons. The molecule has 1 aliphatic heterocycles. The van der Waals surface area contributed by atoms with E-state index in [1.807, 2.05) is 43.3 Å². The first-order valence-electron chi connectivity index (χ1n) is 14.5. The summed E-state index contributed by atoms with van der Waals surface area (Å²) in [5.41, 5.74) is 6.27. The van der Waals surface area contributed by atoms with Crippen molar-refractivity contribution in [2.75, 3.05) is 31.1 Å². The van der Waals surface area contributed by atoms with Gasteiger partial charge in [0.05, 0.1) is 27.4 Å². The van der Waals surface area contributed by atoms with Crippen LogP contribution in [0.1, 0.15) is 35.6 Å². The second kappa shape index (κ2) is 11.6. The first-order valence-corrected chi connectivity index (χ1v) is 16.0. The van der Waals surface area contributed by atoms with Crippen LogP contribution in [-0.2, 0) is 16.4 Å². The molecule has 0 unspecified atom stereocenters. The van der Waals surface area contributed by atoms with Gasteiger partial charge in [0.15, 0.2) is 0 Å². The number of benzene rings is 4. The van der Waals surface area contributed by atoms with E-state index in [4.69, 9.17) is 4.74 Å². The van der Waals surface area contributed by atoms with Gasteiger partial charge < -0.3 is 19.5 Å². The van der Waals surface area contributed by atoms with E-state index in [2.05, 4.69) is 40.8 Å². The smallest absolute Gasteiger partial charge is 0.254 e. The Hall–Kier alpha value is -4.63. The molecule has 0 saturated carbocycles. The lowest BCUT2D eigenvalue weighted by Crippen LogP contribution is -2.32. The van der Waals surface area contributed by atoms with Crippen molar-refractivity contribution >= 4 is 32.5 Å². The normalized spacial score (nSPS) is 13.3. The third-order valence-electron chi connectivity index (χ3n) is 7.95. The molecule has 4 aromatic carbocycles. The largest absolute Gasteiger partial charge is 0.491 e. The number of aromatic amines is 1. The SMILES string of the molecule is CCN(CC)c1ccc(S(=O)(=O)c2ccc(C(=O)N3CCOc4ccc(-c5ccc6nc(C)[nH]c6c5)cc4C3)cc2)cc1. The number of hydrogen-bond acceptors (Lipinski definition) is 6. The quantitative estimate of drug-likeness (QED) is 0.239. The second-order valence-electron chi connectivity index (χ2n) is 10.6. The monoisotopic (exact) mass is 594 g/mol. The summed E-state index contributed by atoms with van der Waals surface area (Å²) in [6.45, 7) is 8.92. The van der Waals surface area contributed by atoms with Gasteiger partial charge in [0, 0.05) is 36.4 Å². The number of hydrogen-bond donors (Lipinski definition) is 1. The molecule has 5 aromatic rings. The highest BCUT2D eigenvalue weighted by atomic mass is 32.2. The number of fused-ring (bicyclic) bond motifs is 2. The minimum absolute atomic E-state index is 0.151. The Bertz CT molecular complexity index is 1890. The van der Waals surface area contributed by atoms with Crippen molar-refractivity contribution in [1.82, 2.24) is 14.9 Å². The number of rotatable bonds is 7. The van der Waals surface area contributed by atoms with Crippen LogP contribution in [0, 0.1) is 6.92 Å². The standard InChI is InChI=1S/C34H34N4O4S/c1-4-37(5-2)28-10-14-30(15-11-28)43(40,41)29-12-6-24(7-13-29)34(39)38-18-19-42-33-17-9-25(20-27(33)22-38)26-8-16-31-32(21-26)36-23(3)35-31/h6-17,20-21H,4-5,18-19,22H2,1-3H3,(H,35,36). The Kier molecular flexibility index (Phi) is 7.66. The number of aromatic nitrogens is 2. The topological polar surface area (TPSA) is 95.6 Å². The van der Waals surface area contributed by atoms with E-state index in [0.29, 0.717) is 25.3 Å². The van der Waals surface area contributed by atoms with Gasteiger partial charge in [-0.3, -0.25) is 4.79 Å². The third-order valence-corrected chi connectivity index (χ3v) is 9.73. The number of nitrogens with zero attached hydrogens (tertiary/aromatic N) is 3. The number of nitrogens with one attached hydrogen (secondary N) is 1. The summed E-state index contributed by atoms with van der Waals surface area (Å²) in [6, 6.07) is 25.3. The van der Waals surface area contributed by atoms with Crippen LogP contribution in [0.15, 0.2) is 94.7 Å². The second-order valence-corrected chi connectivity index (χ2v) is 12.6. The predicted molar refractivity (Wildman–Crippen MR) is 168 cm³/mol. The summed E-state index contributed by atoms with van der Waals surface area (Å²) in [5, 5.41) is 0. The summed E-state index contributed by atoms with van der Waals surface area (Å²) < 4.78 is 32.6. The molecule has 1 aliphatic rings. The minimum atomic E-state index is -3.72. The number of carbonyl (C=O) groups excluding carboxylic acids is 1. The van der Waals surface area contributed by atoms with Gasteiger partial charge in [-0.2, -0.15) is 0 Å². The zero-order valence-corrected chi connectivity index (χ0v) is 25.3. The molecule has 9 heteroatoms. The van der Waals surface area contributed by atoms with Crippen molar-refractivity contribution in [2.24, 2.45) is 0 Å². The maximum absolute atomic E-state index is 13.6. The van der Waals surface area contributed by atoms with Crippen molar-refractivity contribution in [3.8, 4) is 16.9 Å². The zero-order valence-electron chi connectivity index (χ0n) is 24.5. The maximum atomic E-state index is 13.6. The lowest BCUT2D eigenvalue weighted by molar-refractivity contribution is 0.0733. The van der Waals surface area contributed by atoms with Crippen LogP contribution in [-0.4, -0.2) is 55.4 Å². The molecule has 0 bridgehead atoms. The fourth-order valence-corrected chi connectivity index (χ4v) is 6.85. The number of ether oxygens (including phenoxy) is 1. The van der Waals surface area contributed by atoms with Crippen LogP contribution in [0.3, 0.4) is 0 Å². The molecular formula is C34H34N4O4S. The summed E-state index contributed by atoms with van der Waals surface area (Å²) in [5.74, 6) is 1.45. The number of anilines is 1. The average molecular weight is 595 g/mol. The van der Waals surface area contributed by atoms with E-state index < -0.39 is 9.84 Å². The maximum Gasteiger partial charge on any atom is 0.254 e. The molecule has 220 valence electrons. The third kappa shape index (κ3) is 5.60. The minimum Gasteiger partial charge on any atom is -0.491 e. The van der Waals surface area contributed by atoms with Crippen LogP contribution in [0.2, 0.25) is 0 Å². The number of aryl methyl sites for hydroxylation is 1. The van der Waals surface area contributed by atoms with Crippen molar-refractivity contribution in [3.63, 3.8) is 0 Å². The Morgan fingerprint density at radius 1 is 0.907 bits per heavy atom. The fraction of sp³-hybridized carbons (Fsp3) is 0.235. The lowest BCUT2D eigenvalue weighted by atomic mass is 10.0. The number of amides is 1. The summed E-state index contributed by atoms with van der Waals surface area (Å²) in [4.78, 5) is 25.6. The molecule has 43 heavy (non-hydrogen) atoms. The van der Waals surface area contributed by atoms with Gasteiger partial charge in [-0.15, -0.1) is 0 Å². The number of H-pyrrole nitrogens is 1. The van der Waals surface area contributed by atoms with E-state index in [1.165, 1.54) is 12.1 Å². The molecule has 0 aliphatic carbocycles. The Morgan fingerprint density at radius 2 is 1.56 bits per heavy atom. The highest BCUT2D eigenvalue weighted by Gasteiger charge is 2.23. The molecule has 0 fully saturated rings. The van der Waals surface area contributed by atoms with Gasteiger partial charge in [-0.05, 0) is 105 Å². The van der Waals surface area contributed by atoms with Crippen molar-refractivity contribution < 1.29 is 17.9 Å². The highest BCUT2D eigenvalue weighted by molar-refractivity contribution is 7.91. The Balaban J connectivity index is 1.20. The molecular weight excluding hydrogens is 560 g/mol. The molecule has 0 saturated heterocycles. The van der Waals surface area contributed by atoms with E-state index in [9.17, 15) is 13.2 Å². The van der Waals surface area contributed by atoms with Crippen LogP contribution < -0.4 is 9.64 Å². The van der Waals surface area contributed by atoms with Crippen LogP contribution in [0.25, 0.3) is 22.2 Å². The van der Waals surface area contributed by atoms with Gasteiger partial charge in [-0.25, -0.2) is 13.4 Å². The van der Waals surface area contributed by atoms with Gasteiger partial charge >= 0.3 is 0 Å². The van der Waals surface area contributed by atoms with Crippen LogP contribution >= 0.6 is 0 Å². The number of imidazole rings is 1. The first-order chi connectivity index (χ1) is 20.8. The van der Waals surface area contributed by atoms with Gasteiger partial charge in [0.25, 0.3) is 5.91 Å². The van der Waals surface area contributed by atoms with Gasteiger partial charge in [0.2, 0.25) is 9.84 Å². The zero-order chi connectivity index (χ0) is 30.1. The predicted octanol–water partition coefficient (Wildman–Crippen LogP) is 6.25. The van der Waals surface area contributed by atoms with Crippen LogP contribution in [0.4, 0.5) is 5.69 Å². The average Bonchev–Trinajstić information content (AvgIpc) is 3.27. The summed E-state index contributed by atoms with van der Waals surface area (Å²) in [6.07, 6.45) is 0. The Morgan fingerprint density at radius 3 is 2.26 bits per heavy atom. The fourth-order valence-electron chi connectivity index (χ4n) is 5.58. The summed E-state index contributed by atoms with van der Waals surface area (Å²) >= 11 is 0. The highest BCUT2D eigenvalue weighted by Crippen LogP contribution is 2.31. The Labute approximate surface area is 251 Å². The molecule has 8 nitrogen and oxygen atoms in total. The molecule has 0 spiro atoms. The lowest BCUT2D eigenvalue weighted by Gasteiger charge is -2.21. The first kappa shape index (κ1) is 28.5. The van der Waals surface area contributed by atoms with E-state index in [0.717, 1.165) is 58.1 Å². The van der Waals surface area contributed by atoms with E-state index >= 15 is 0 Å². The van der Waals surface area contributed by atoms with Crippen LogP contribution in [0.5, 0.6) is 5.75 Å².